The Bertz CT molecular complexity index is 1100. The fourth-order valence-corrected chi connectivity index (χ4v) is 4.48. The van der Waals surface area contributed by atoms with Crippen molar-refractivity contribution in [2.24, 2.45) is 0 Å². The Kier molecular flexibility index (Phi) is 7.24. The van der Waals surface area contributed by atoms with Crippen molar-refractivity contribution in [1.29, 1.82) is 0 Å². The molecule has 0 atom stereocenters. The maximum atomic E-state index is 12.5. The van der Waals surface area contributed by atoms with Gasteiger partial charge in [0.2, 0.25) is 15.9 Å². The highest BCUT2D eigenvalue weighted by Crippen LogP contribution is 2.18. The minimum atomic E-state index is -3.65. The fraction of sp³-hybridized carbons (Fsp3) is 0.250. The number of sulfonamides is 1. The van der Waals surface area contributed by atoms with Gasteiger partial charge >= 0.3 is 0 Å². The lowest BCUT2D eigenvalue weighted by Gasteiger charge is -2.09. The topological polar surface area (TPSA) is 106 Å². The van der Waals surface area contributed by atoms with E-state index >= 15 is 0 Å². The summed E-state index contributed by atoms with van der Waals surface area (Å²) in [7, 11) is -3.65. The average molecular weight is 446 g/mol. The van der Waals surface area contributed by atoms with E-state index in [0.717, 1.165) is 11.3 Å². The standard InChI is InChI=1S/C20H23N5O3S2/c1-3-25-18(13-21-30(27,28)17-11-9-15(2)10-12-17)23-24-20(25)29-14-19(26)22-16-7-5-4-6-8-16/h4-12,21H,3,13-14H2,1-2H3,(H,22,26). The van der Waals surface area contributed by atoms with Gasteiger partial charge in [0.25, 0.3) is 0 Å². The minimum Gasteiger partial charge on any atom is -0.325 e. The number of aryl methyl sites for hydroxylation is 1. The summed E-state index contributed by atoms with van der Waals surface area (Å²) in [5.41, 5.74) is 1.71. The number of carbonyl (C=O) groups excluding carboxylic acids is 1. The van der Waals surface area contributed by atoms with Crippen molar-refractivity contribution in [3.05, 3.63) is 66.0 Å². The summed E-state index contributed by atoms with van der Waals surface area (Å²) in [6.45, 7) is 4.37. The zero-order chi connectivity index (χ0) is 21.6. The number of hydrogen-bond acceptors (Lipinski definition) is 6. The van der Waals surface area contributed by atoms with E-state index in [1.807, 2.05) is 44.2 Å². The Morgan fingerprint density at radius 1 is 1.07 bits per heavy atom. The molecule has 0 saturated heterocycles. The molecule has 1 aromatic heterocycles. The number of benzene rings is 2. The smallest absolute Gasteiger partial charge is 0.240 e. The van der Waals surface area contributed by atoms with E-state index in [1.165, 1.54) is 11.8 Å². The molecule has 158 valence electrons. The van der Waals surface area contributed by atoms with Crippen LogP contribution in [0.3, 0.4) is 0 Å². The van der Waals surface area contributed by atoms with E-state index < -0.39 is 10.0 Å². The molecule has 0 bridgehead atoms. The van der Waals surface area contributed by atoms with Gasteiger partial charge in [0, 0.05) is 12.2 Å². The number of anilines is 1. The molecule has 0 saturated carbocycles. The SMILES string of the molecule is CCn1c(CNS(=O)(=O)c2ccc(C)cc2)nnc1SCC(=O)Nc1ccccc1. The van der Waals surface area contributed by atoms with Crippen LogP contribution in [0.4, 0.5) is 5.69 Å². The molecular formula is C20H23N5O3S2. The van der Waals surface area contributed by atoms with Crippen LogP contribution in [-0.4, -0.2) is 34.8 Å². The van der Waals surface area contributed by atoms with E-state index in [2.05, 4.69) is 20.2 Å². The second-order valence-corrected chi connectivity index (χ2v) is 9.19. The first-order valence-electron chi connectivity index (χ1n) is 9.35. The predicted molar refractivity (Wildman–Crippen MR) is 117 cm³/mol. The van der Waals surface area contributed by atoms with Crippen molar-refractivity contribution in [3.63, 3.8) is 0 Å². The zero-order valence-corrected chi connectivity index (χ0v) is 18.3. The molecule has 30 heavy (non-hydrogen) atoms. The molecule has 0 spiro atoms. The van der Waals surface area contributed by atoms with Crippen LogP contribution in [0.15, 0.2) is 64.6 Å². The molecule has 3 aromatic rings. The summed E-state index contributed by atoms with van der Waals surface area (Å²) in [5, 5.41) is 11.6. The molecule has 0 aliphatic rings. The number of aromatic nitrogens is 3. The highest BCUT2D eigenvalue weighted by atomic mass is 32.2. The molecule has 8 nitrogen and oxygen atoms in total. The molecule has 10 heteroatoms. The number of thioether (sulfide) groups is 1. The van der Waals surface area contributed by atoms with E-state index in [0.29, 0.717) is 17.5 Å². The molecule has 1 heterocycles. The third-order valence-corrected chi connectivity index (χ3v) is 6.64. The van der Waals surface area contributed by atoms with Gasteiger partial charge in [0.15, 0.2) is 5.16 Å². The maximum absolute atomic E-state index is 12.5. The lowest BCUT2D eigenvalue weighted by atomic mass is 10.2. The Morgan fingerprint density at radius 3 is 2.43 bits per heavy atom. The summed E-state index contributed by atoms with van der Waals surface area (Å²) >= 11 is 1.25. The molecule has 0 radical (unpaired) electrons. The van der Waals surface area contributed by atoms with Crippen molar-refractivity contribution in [2.45, 2.75) is 37.0 Å². The molecule has 3 rings (SSSR count). The summed E-state index contributed by atoms with van der Waals surface area (Å²) in [6.07, 6.45) is 0. The molecule has 2 aromatic carbocycles. The Balaban J connectivity index is 1.61. The minimum absolute atomic E-state index is 0.00776. The van der Waals surface area contributed by atoms with Crippen LogP contribution in [0, 0.1) is 6.92 Å². The third-order valence-electron chi connectivity index (χ3n) is 4.25. The largest absolute Gasteiger partial charge is 0.325 e. The third kappa shape index (κ3) is 5.68. The second kappa shape index (κ2) is 9.88. The number of para-hydroxylation sites is 1. The highest BCUT2D eigenvalue weighted by molar-refractivity contribution is 7.99. The van der Waals surface area contributed by atoms with Crippen molar-refractivity contribution in [1.82, 2.24) is 19.5 Å². The van der Waals surface area contributed by atoms with Crippen LogP contribution in [0.5, 0.6) is 0 Å². The summed E-state index contributed by atoms with van der Waals surface area (Å²) in [5.74, 6) is 0.500. The number of nitrogens with zero attached hydrogens (tertiary/aromatic N) is 3. The van der Waals surface area contributed by atoms with Crippen molar-refractivity contribution in [3.8, 4) is 0 Å². The Hall–Kier alpha value is -2.69. The van der Waals surface area contributed by atoms with E-state index in [9.17, 15) is 13.2 Å². The van der Waals surface area contributed by atoms with Crippen molar-refractivity contribution < 1.29 is 13.2 Å². The first kappa shape index (κ1) is 22.0. The first-order chi connectivity index (χ1) is 14.4. The molecule has 0 aliphatic heterocycles. The van der Waals surface area contributed by atoms with Gasteiger partial charge < -0.3 is 9.88 Å². The van der Waals surface area contributed by atoms with Gasteiger partial charge in [0.1, 0.15) is 5.82 Å². The summed E-state index contributed by atoms with van der Waals surface area (Å²) in [6, 6.07) is 15.8. The zero-order valence-electron chi connectivity index (χ0n) is 16.7. The van der Waals surface area contributed by atoms with Gasteiger partial charge in [-0.15, -0.1) is 10.2 Å². The van der Waals surface area contributed by atoms with E-state index in [-0.39, 0.29) is 23.1 Å². The lowest BCUT2D eigenvalue weighted by molar-refractivity contribution is -0.113. The van der Waals surface area contributed by atoms with Gasteiger partial charge in [-0.3, -0.25) is 4.79 Å². The quantitative estimate of drug-likeness (QED) is 0.491. The van der Waals surface area contributed by atoms with Crippen molar-refractivity contribution >= 4 is 33.4 Å². The number of amides is 1. The lowest BCUT2D eigenvalue weighted by Crippen LogP contribution is -2.25. The summed E-state index contributed by atoms with van der Waals surface area (Å²) < 4.78 is 29.3. The second-order valence-electron chi connectivity index (χ2n) is 6.48. The molecule has 0 aliphatic carbocycles. The average Bonchev–Trinajstić information content (AvgIpc) is 3.14. The van der Waals surface area contributed by atoms with E-state index in [4.69, 9.17) is 0 Å². The van der Waals surface area contributed by atoms with Crippen LogP contribution < -0.4 is 10.0 Å². The molecule has 1 amide bonds. The molecule has 2 N–H and O–H groups in total. The van der Waals surface area contributed by atoms with Crippen LogP contribution in [0.2, 0.25) is 0 Å². The number of hydrogen-bond donors (Lipinski definition) is 2. The normalized spacial score (nSPS) is 11.4. The van der Waals surface area contributed by atoms with Crippen LogP contribution in [-0.2, 0) is 27.9 Å². The Labute approximate surface area is 180 Å². The van der Waals surface area contributed by atoms with Gasteiger partial charge in [-0.05, 0) is 38.1 Å². The maximum Gasteiger partial charge on any atom is 0.240 e. The molecule has 0 unspecified atom stereocenters. The molecule has 0 fully saturated rings. The van der Waals surface area contributed by atoms with Crippen LogP contribution in [0.25, 0.3) is 0 Å². The van der Waals surface area contributed by atoms with E-state index in [1.54, 1.807) is 28.8 Å². The van der Waals surface area contributed by atoms with Gasteiger partial charge in [-0.25, -0.2) is 13.1 Å². The number of nitrogens with one attached hydrogen (secondary N) is 2. The number of carbonyl (C=O) groups is 1. The fourth-order valence-electron chi connectivity index (χ4n) is 2.68. The van der Waals surface area contributed by atoms with Crippen molar-refractivity contribution in [2.75, 3.05) is 11.1 Å². The van der Waals surface area contributed by atoms with Gasteiger partial charge in [-0.1, -0.05) is 47.7 Å². The first-order valence-corrected chi connectivity index (χ1v) is 11.8. The summed E-state index contributed by atoms with van der Waals surface area (Å²) in [4.78, 5) is 12.3. The Morgan fingerprint density at radius 2 is 1.77 bits per heavy atom. The molecular weight excluding hydrogens is 422 g/mol. The van der Waals surface area contributed by atoms with Crippen LogP contribution >= 0.6 is 11.8 Å². The van der Waals surface area contributed by atoms with Crippen LogP contribution in [0.1, 0.15) is 18.3 Å². The highest BCUT2D eigenvalue weighted by Gasteiger charge is 2.18. The number of rotatable bonds is 9. The predicted octanol–water partition coefficient (Wildman–Crippen LogP) is 2.82. The van der Waals surface area contributed by atoms with Gasteiger partial charge in [0.05, 0.1) is 17.2 Å². The monoisotopic (exact) mass is 445 g/mol. The van der Waals surface area contributed by atoms with Gasteiger partial charge in [-0.2, -0.15) is 0 Å².